The van der Waals surface area contributed by atoms with Gasteiger partial charge in [0.1, 0.15) is 5.60 Å². The second kappa shape index (κ2) is 6.31. The number of halogens is 6. The number of carbonyl (C=O) groups excluding carboxylic acids is 1. The topological polar surface area (TPSA) is 37.3 Å². The van der Waals surface area contributed by atoms with E-state index >= 15 is 0 Å². The third kappa shape index (κ3) is 2.48. The molecule has 2 nitrogen and oxygen atoms in total. The highest BCUT2D eigenvalue weighted by atomic mass is 35.5. The van der Waals surface area contributed by atoms with Crippen LogP contribution in [0.5, 0.6) is 0 Å². The highest BCUT2D eigenvalue weighted by molar-refractivity contribution is 6.45. The van der Waals surface area contributed by atoms with Crippen molar-refractivity contribution < 1.29 is 31.9 Å². The maximum atomic E-state index is 14.5. The van der Waals surface area contributed by atoms with Crippen LogP contribution in [-0.4, -0.2) is 28.6 Å². The Hall–Kier alpha value is -0.950. The van der Waals surface area contributed by atoms with Gasteiger partial charge in [-0.15, -0.1) is 0 Å². The van der Waals surface area contributed by atoms with E-state index in [1.807, 2.05) is 19.9 Å². The average molecular weight is 453 g/mol. The lowest BCUT2D eigenvalue weighted by atomic mass is 9.45. The molecular weight excluding hydrogens is 427 g/mol. The van der Waals surface area contributed by atoms with Crippen LogP contribution in [0.1, 0.15) is 52.9 Å². The van der Waals surface area contributed by atoms with Gasteiger partial charge in [-0.05, 0) is 67.4 Å². The number of allylic oxidation sites excluding steroid dienone is 4. The smallest absolute Gasteiger partial charge is 0.383 e. The Bertz CT molecular complexity index is 849. The van der Waals surface area contributed by atoms with Gasteiger partial charge in [-0.3, -0.25) is 4.79 Å². The average Bonchev–Trinajstić information content (AvgIpc) is 2.92. The van der Waals surface area contributed by atoms with Crippen LogP contribution in [0.25, 0.3) is 0 Å². The SMILES string of the molecule is C[C@@H]1CC2=C(Cl)C(=O)C=C[C@]2(C)[C@H]2CC[C@@]3(C)[C@@H](CC[C@@]3(O)C(F)(F)C(F)(F)F)[C@H]12. The lowest BCUT2D eigenvalue weighted by Crippen LogP contribution is -2.66. The molecule has 0 spiro atoms. The summed E-state index contributed by atoms with van der Waals surface area (Å²) < 4.78 is 68.9. The second-order valence-corrected chi connectivity index (χ2v) is 10.5. The molecular formula is C22H26ClF5O2. The first-order chi connectivity index (χ1) is 13.6. The first kappa shape index (κ1) is 22.3. The molecule has 0 amide bonds. The lowest BCUT2D eigenvalue weighted by Gasteiger charge is -2.60. The van der Waals surface area contributed by atoms with Crippen molar-refractivity contribution in [3.8, 4) is 0 Å². The first-order valence-electron chi connectivity index (χ1n) is 10.4. The zero-order valence-corrected chi connectivity index (χ0v) is 17.9. The van der Waals surface area contributed by atoms with E-state index in [-0.39, 0.29) is 41.4 Å². The number of fused-ring (bicyclic) bond motifs is 5. The summed E-state index contributed by atoms with van der Waals surface area (Å²) >= 11 is 6.34. The van der Waals surface area contributed by atoms with Gasteiger partial charge in [0.25, 0.3) is 0 Å². The molecule has 3 fully saturated rings. The minimum Gasteiger partial charge on any atom is -0.383 e. The van der Waals surface area contributed by atoms with Crippen molar-refractivity contribution >= 4 is 17.4 Å². The van der Waals surface area contributed by atoms with Gasteiger partial charge in [-0.2, -0.15) is 22.0 Å². The fourth-order valence-corrected chi connectivity index (χ4v) is 7.72. The molecule has 168 valence electrons. The maximum absolute atomic E-state index is 14.5. The summed E-state index contributed by atoms with van der Waals surface area (Å²) in [7, 11) is 0. The van der Waals surface area contributed by atoms with Crippen LogP contribution >= 0.6 is 11.6 Å². The maximum Gasteiger partial charge on any atom is 0.456 e. The molecule has 7 atom stereocenters. The van der Waals surface area contributed by atoms with Gasteiger partial charge in [0.05, 0.1) is 5.03 Å². The van der Waals surface area contributed by atoms with E-state index in [0.29, 0.717) is 12.8 Å². The molecule has 0 aliphatic heterocycles. The van der Waals surface area contributed by atoms with E-state index in [0.717, 1.165) is 5.57 Å². The number of carbonyl (C=O) groups is 1. The molecule has 4 aliphatic carbocycles. The summed E-state index contributed by atoms with van der Waals surface area (Å²) in [6.07, 6.45) is -2.05. The van der Waals surface area contributed by atoms with Gasteiger partial charge < -0.3 is 5.11 Å². The van der Waals surface area contributed by atoms with Gasteiger partial charge in [0.2, 0.25) is 0 Å². The van der Waals surface area contributed by atoms with Crippen molar-refractivity contribution in [3.05, 3.63) is 22.8 Å². The van der Waals surface area contributed by atoms with E-state index in [1.54, 1.807) is 0 Å². The fourth-order valence-electron chi connectivity index (χ4n) is 7.38. The Labute approximate surface area is 177 Å². The van der Waals surface area contributed by atoms with Crippen LogP contribution in [0.2, 0.25) is 0 Å². The Morgan fingerprint density at radius 2 is 1.70 bits per heavy atom. The summed E-state index contributed by atoms with van der Waals surface area (Å²) in [6, 6.07) is 0. The van der Waals surface area contributed by atoms with Gasteiger partial charge in [-0.1, -0.05) is 38.4 Å². The molecule has 3 saturated carbocycles. The molecule has 0 heterocycles. The molecule has 4 aliphatic rings. The quantitative estimate of drug-likeness (QED) is 0.493. The molecule has 0 aromatic rings. The van der Waals surface area contributed by atoms with Crippen molar-refractivity contribution in [3.63, 3.8) is 0 Å². The number of aliphatic hydroxyl groups is 1. The molecule has 0 saturated heterocycles. The minimum absolute atomic E-state index is 0.0331. The summed E-state index contributed by atoms with van der Waals surface area (Å²) in [6.45, 7) is 5.34. The third-order valence-corrected chi connectivity index (χ3v) is 9.44. The monoisotopic (exact) mass is 452 g/mol. The molecule has 0 unspecified atom stereocenters. The third-order valence-electron chi connectivity index (χ3n) is 9.03. The predicted octanol–water partition coefficient (Wildman–Crippen LogP) is 6.04. The van der Waals surface area contributed by atoms with E-state index < -0.39 is 40.9 Å². The van der Waals surface area contributed by atoms with Crippen LogP contribution in [0.15, 0.2) is 22.8 Å². The zero-order valence-electron chi connectivity index (χ0n) is 17.1. The van der Waals surface area contributed by atoms with Gasteiger partial charge >= 0.3 is 12.1 Å². The Morgan fingerprint density at radius 3 is 2.30 bits per heavy atom. The summed E-state index contributed by atoms with van der Waals surface area (Å²) in [5, 5.41) is 11.1. The normalized spacial score (nSPS) is 46.5. The van der Waals surface area contributed by atoms with E-state index in [9.17, 15) is 31.9 Å². The van der Waals surface area contributed by atoms with E-state index in [2.05, 4.69) is 0 Å². The molecule has 0 aromatic carbocycles. The lowest BCUT2D eigenvalue weighted by molar-refractivity contribution is -0.364. The largest absolute Gasteiger partial charge is 0.456 e. The highest BCUT2D eigenvalue weighted by Gasteiger charge is 2.79. The zero-order chi connectivity index (χ0) is 22.5. The van der Waals surface area contributed by atoms with Crippen molar-refractivity contribution in [2.45, 2.75) is 70.6 Å². The molecule has 30 heavy (non-hydrogen) atoms. The van der Waals surface area contributed by atoms with Crippen LogP contribution in [0, 0.1) is 34.5 Å². The minimum atomic E-state index is -5.81. The molecule has 4 rings (SSSR count). The van der Waals surface area contributed by atoms with Crippen molar-refractivity contribution in [1.82, 2.24) is 0 Å². The van der Waals surface area contributed by atoms with Crippen molar-refractivity contribution in [1.29, 1.82) is 0 Å². The van der Waals surface area contributed by atoms with Crippen molar-refractivity contribution in [2.24, 2.45) is 34.5 Å². The number of hydrogen-bond acceptors (Lipinski definition) is 2. The van der Waals surface area contributed by atoms with Gasteiger partial charge in [0.15, 0.2) is 5.78 Å². The van der Waals surface area contributed by atoms with Crippen LogP contribution in [0.3, 0.4) is 0 Å². The molecule has 8 heteroatoms. The predicted molar refractivity (Wildman–Crippen MR) is 102 cm³/mol. The van der Waals surface area contributed by atoms with Gasteiger partial charge in [0, 0.05) is 10.8 Å². The fraction of sp³-hybridized carbons (Fsp3) is 0.773. The highest BCUT2D eigenvalue weighted by Crippen LogP contribution is 2.71. The van der Waals surface area contributed by atoms with E-state index in [4.69, 9.17) is 11.6 Å². The standard InChI is InChI=1S/C22H26ClF5O2/c1-11-10-14-17(23)15(29)6-7-18(14,2)12-4-8-19(3)13(16(11)12)5-9-20(19,30)21(24,25)22(26,27)28/h6-7,11-13,16,30H,4-5,8-10H2,1-3H3/t11-,12+,13+,16-,18-,19+,20+/m1/s1. The number of alkyl halides is 5. The van der Waals surface area contributed by atoms with Gasteiger partial charge in [-0.25, -0.2) is 0 Å². The Balaban J connectivity index is 1.77. The summed E-state index contributed by atoms with van der Waals surface area (Å²) in [5.41, 5.74) is -4.36. The Morgan fingerprint density at radius 1 is 1.10 bits per heavy atom. The summed E-state index contributed by atoms with van der Waals surface area (Å²) in [5.74, 6) is -6.11. The molecule has 0 bridgehead atoms. The van der Waals surface area contributed by atoms with Crippen LogP contribution < -0.4 is 0 Å². The molecule has 0 aromatic heterocycles. The van der Waals surface area contributed by atoms with E-state index in [1.165, 1.54) is 13.0 Å². The summed E-state index contributed by atoms with van der Waals surface area (Å²) in [4.78, 5) is 12.1. The molecule has 0 radical (unpaired) electrons. The molecule has 1 N–H and O–H groups in total. The first-order valence-corrected chi connectivity index (χ1v) is 10.8. The second-order valence-electron chi connectivity index (χ2n) is 10.2. The number of ketones is 1. The number of rotatable bonds is 1. The van der Waals surface area contributed by atoms with Crippen molar-refractivity contribution in [2.75, 3.05) is 0 Å². The Kier molecular flexibility index (Phi) is 4.68. The van der Waals surface area contributed by atoms with Crippen LogP contribution in [-0.2, 0) is 4.79 Å². The number of hydrogen-bond donors (Lipinski definition) is 1. The van der Waals surface area contributed by atoms with Crippen LogP contribution in [0.4, 0.5) is 22.0 Å².